The van der Waals surface area contributed by atoms with Gasteiger partial charge >= 0.3 is 5.97 Å². The number of hydrogen-bond donors (Lipinski definition) is 2. The maximum absolute atomic E-state index is 13.4. The number of hydrogen-bond acceptors (Lipinski definition) is 8. The van der Waals surface area contributed by atoms with Gasteiger partial charge in [0.15, 0.2) is 5.65 Å². The molecule has 10 heteroatoms. The Balaban J connectivity index is 1.64. The molecule has 5 rings (SSSR count). The van der Waals surface area contributed by atoms with Crippen molar-refractivity contribution in [2.24, 2.45) is 0 Å². The number of carbonyl (C=O) groups excluding carboxylic acids is 1. The topological polar surface area (TPSA) is 116 Å². The molecule has 1 aliphatic heterocycles. The molecule has 38 heavy (non-hydrogen) atoms. The molecule has 0 amide bonds. The van der Waals surface area contributed by atoms with Crippen LogP contribution in [0, 0.1) is 0 Å². The number of rotatable bonds is 5. The number of methoxy groups -OCH3 is 1. The normalized spacial score (nSPS) is 13.6. The summed E-state index contributed by atoms with van der Waals surface area (Å²) in [7, 11) is 1.38. The van der Waals surface area contributed by atoms with Crippen molar-refractivity contribution in [3.8, 4) is 5.69 Å². The van der Waals surface area contributed by atoms with E-state index in [2.05, 4.69) is 41.4 Å². The van der Waals surface area contributed by atoms with Crippen molar-refractivity contribution in [2.75, 3.05) is 19.0 Å². The van der Waals surface area contributed by atoms with Gasteiger partial charge in [0, 0.05) is 41.8 Å². The highest BCUT2D eigenvalue weighted by Gasteiger charge is 2.23. The molecule has 10 nitrogen and oxygen atoms in total. The second-order valence-corrected chi connectivity index (χ2v) is 10.8. The molecule has 4 heterocycles. The summed E-state index contributed by atoms with van der Waals surface area (Å²) in [5.74, 6) is -0.0600. The quantitative estimate of drug-likeness (QED) is 0.383. The first-order valence-electron chi connectivity index (χ1n) is 12.8. The van der Waals surface area contributed by atoms with Gasteiger partial charge in [0.05, 0.1) is 18.4 Å². The van der Waals surface area contributed by atoms with E-state index < -0.39 is 0 Å². The molecule has 2 N–H and O–H groups in total. The van der Waals surface area contributed by atoms with E-state index in [-0.39, 0.29) is 23.0 Å². The number of carbonyl (C=O) groups is 1. The number of fused-ring (bicyclic) bond motifs is 2. The summed E-state index contributed by atoms with van der Waals surface area (Å²) in [6.07, 6.45) is 4.06. The zero-order valence-corrected chi connectivity index (χ0v) is 22.6. The monoisotopic (exact) mass is 515 g/mol. The lowest BCUT2D eigenvalue weighted by Gasteiger charge is -2.21. The van der Waals surface area contributed by atoms with Crippen LogP contribution in [-0.2, 0) is 23.1 Å². The summed E-state index contributed by atoms with van der Waals surface area (Å²) in [6, 6.07) is 7.52. The summed E-state index contributed by atoms with van der Waals surface area (Å²) in [5, 5.41) is 7.01. The van der Waals surface area contributed by atoms with Gasteiger partial charge in [-0.3, -0.25) is 9.78 Å². The molecular weight excluding hydrogens is 482 g/mol. The third-order valence-electron chi connectivity index (χ3n) is 6.74. The van der Waals surface area contributed by atoms with Crippen LogP contribution in [0.5, 0.6) is 0 Å². The Morgan fingerprint density at radius 1 is 1.18 bits per heavy atom. The van der Waals surface area contributed by atoms with Gasteiger partial charge in [-0.25, -0.2) is 19.1 Å². The second-order valence-electron chi connectivity index (χ2n) is 10.8. The first-order chi connectivity index (χ1) is 18.1. The lowest BCUT2D eigenvalue weighted by atomic mass is 9.91. The van der Waals surface area contributed by atoms with E-state index in [1.807, 2.05) is 36.7 Å². The molecule has 0 saturated carbocycles. The highest BCUT2D eigenvalue weighted by Crippen LogP contribution is 2.28. The molecule has 4 aromatic rings. The number of benzene rings is 1. The van der Waals surface area contributed by atoms with E-state index in [4.69, 9.17) is 9.72 Å². The van der Waals surface area contributed by atoms with Crippen LogP contribution in [0.4, 0.5) is 11.6 Å². The third kappa shape index (κ3) is 4.56. The van der Waals surface area contributed by atoms with Crippen LogP contribution in [0.15, 0.2) is 41.5 Å². The van der Waals surface area contributed by atoms with Gasteiger partial charge in [0.1, 0.15) is 5.39 Å². The zero-order chi connectivity index (χ0) is 27.2. The van der Waals surface area contributed by atoms with Gasteiger partial charge in [0.2, 0.25) is 5.95 Å². The molecule has 0 bridgehead atoms. The fourth-order valence-electron chi connectivity index (χ4n) is 4.85. The summed E-state index contributed by atoms with van der Waals surface area (Å²) in [6.45, 7) is 11.7. The number of pyridine rings is 1. The Morgan fingerprint density at radius 3 is 2.68 bits per heavy atom. The van der Waals surface area contributed by atoms with Gasteiger partial charge in [-0.15, -0.1) is 0 Å². The number of anilines is 2. The Hall–Kier alpha value is -4.05. The second kappa shape index (κ2) is 9.68. The van der Waals surface area contributed by atoms with E-state index in [1.54, 1.807) is 23.1 Å². The predicted octanol–water partition coefficient (Wildman–Crippen LogP) is 4.03. The predicted molar refractivity (Wildman–Crippen MR) is 146 cm³/mol. The summed E-state index contributed by atoms with van der Waals surface area (Å²) in [5.41, 5.74) is 5.08. The van der Waals surface area contributed by atoms with Gasteiger partial charge in [-0.1, -0.05) is 20.8 Å². The smallest absolute Gasteiger partial charge is 0.338 e. The molecule has 0 saturated heterocycles. The molecule has 1 aromatic carbocycles. The van der Waals surface area contributed by atoms with Crippen LogP contribution >= 0.6 is 0 Å². The van der Waals surface area contributed by atoms with Crippen LogP contribution in [0.3, 0.4) is 0 Å². The van der Waals surface area contributed by atoms with Gasteiger partial charge in [0.25, 0.3) is 5.56 Å². The SMILES string of the molecule is COC(=O)c1cc(Nc2ncc3c(=O)n(C(C)C)n(-c4ccnc(C(C)(C)C)c4)c3n2)cc2c1CCNC2. The summed E-state index contributed by atoms with van der Waals surface area (Å²) >= 11 is 0. The summed E-state index contributed by atoms with van der Waals surface area (Å²) in [4.78, 5) is 39.7. The van der Waals surface area contributed by atoms with Crippen molar-refractivity contribution in [3.63, 3.8) is 0 Å². The minimum absolute atomic E-state index is 0.116. The maximum Gasteiger partial charge on any atom is 0.338 e. The molecule has 0 aliphatic carbocycles. The molecule has 0 fully saturated rings. The van der Waals surface area contributed by atoms with Crippen LogP contribution < -0.4 is 16.2 Å². The molecule has 3 aromatic heterocycles. The Labute approximate surface area is 221 Å². The molecular formula is C28H33N7O3. The fourth-order valence-corrected chi connectivity index (χ4v) is 4.85. The lowest BCUT2D eigenvalue weighted by Crippen LogP contribution is -2.26. The van der Waals surface area contributed by atoms with Crippen LogP contribution in [0.2, 0.25) is 0 Å². The van der Waals surface area contributed by atoms with Gasteiger partial charge < -0.3 is 15.4 Å². The molecule has 0 atom stereocenters. The lowest BCUT2D eigenvalue weighted by molar-refractivity contribution is 0.0599. The standard InChI is InChI=1S/C28H33N7O3/c1-16(2)34-25(36)22-15-31-27(33-24(22)35(34)19-7-10-30-23(13-19)28(3,4)5)32-18-11-17-14-29-9-8-20(17)21(12-18)26(37)38-6/h7,10-13,15-16,29H,8-9,14H2,1-6H3,(H,31,32,33). The van der Waals surface area contributed by atoms with Crippen LogP contribution in [-0.4, -0.2) is 43.9 Å². The molecule has 0 spiro atoms. The van der Waals surface area contributed by atoms with E-state index >= 15 is 0 Å². The van der Waals surface area contributed by atoms with Crippen molar-refractivity contribution < 1.29 is 9.53 Å². The molecule has 0 unspecified atom stereocenters. The van der Waals surface area contributed by atoms with E-state index in [0.29, 0.717) is 34.8 Å². The third-order valence-corrected chi connectivity index (χ3v) is 6.74. The van der Waals surface area contributed by atoms with Crippen molar-refractivity contribution in [1.82, 2.24) is 29.6 Å². The number of ether oxygens (including phenoxy) is 1. The molecule has 198 valence electrons. The first-order valence-corrected chi connectivity index (χ1v) is 12.8. The van der Waals surface area contributed by atoms with Crippen molar-refractivity contribution in [2.45, 2.75) is 59.0 Å². The van der Waals surface area contributed by atoms with E-state index in [0.717, 1.165) is 35.5 Å². The number of nitrogens with one attached hydrogen (secondary N) is 2. The number of nitrogens with zero attached hydrogens (tertiary/aromatic N) is 5. The Bertz CT molecular complexity index is 1590. The molecule has 1 aliphatic rings. The van der Waals surface area contributed by atoms with Gasteiger partial charge in [-0.2, -0.15) is 4.98 Å². The minimum atomic E-state index is -0.377. The number of aromatic nitrogens is 5. The van der Waals surface area contributed by atoms with Crippen LogP contribution in [0.1, 0.15) is 67.8 Å². The zero-order valence-electron chi connectivity index (χ0n) is 22.6. The Kier molecular flexibility index (Phi) is 6.52. The average molecular weight is 516 g/mol. The highest BCUT2D eigenvalue weighted by molar-refractivity contribution is 5.93. The number of esters is 1. The Morgan fingerprint density at radius 2 is 1.97 bits per heavy atom. The van der Waals surface area contributed by atoms with E-state index in [9.17, 15) is 9.59 Å². The first kappa shape index (κ1) is 25.6. The van der Waals surface area contributed by atoms with E-state index in [1.165, 1.54) is 7.11 Å². The minimum Gasteiger partial charge on any atom is -0.465 e. The highest BCUT2D eigenvalue weighted by atomic mass is 16.5. The van der Waals surface area contributed by atoms with Gasteiger partial charge in [-0.05, 0) is 62.2 Å². The summed E-state index contributed by atoms with van der Waals surface area (Å²) < 4.78 is 8.56. The largest absolute Gasteiger partial charge is 0.465 e. The van der Waals surface area contributed by atoms with Crippen molar-refractivity contribution in [3.05, 3.63) is 69.4 Å². The molecule has 0 radical (unpaired) electrons. The van der Waals surface area contributed by atoms with Crippen molar-refractivity contribution >= 4 is 28.6 Å². The average Bonchev–Trinajstić information content (AvgIpc) is 3.19. The maximum atomic E-state index is 13.4. The fraction of sp³-hybridized carbons (Fsp3) is 0.393. The van der Waals surface area contributed by atoms with Crippen molar-refractivity contribution in [1.29, 1.82) is 0 Å². The van der Waals surface area contributed by atoms with Crippen LogP contribution in [0.25, 0.3) is 16.7 Å².